The molecule has 0 saturated carbocycles. The van der Waals surface area contributed by atoms with Crippen molar-refractivity contribution in [3.63, 3.8) is 0 Å². The van der Waals surface area contributed by atoms with Crippen molar-refractivity contribution in [3.8, 4) is 11.1 Å². The van der Waals surface area contributed by atoms with Crippen LogP contribution in [-0.2, 0) is 10.8 Å². The number of carbonyl (C=O) groups excluding carboxylic acids is 1. The van der Waals surface area contributed by atoms with Crippen LogP contribution in [0.4, 0.5) is 0 Å². The zero-order chi connectivity index (χ0) is 15.7. The summed E-state index contributed by atoms with van der Waals surface area (Å²) in [4.78, 5) is 15.6. The Labute approximate surface area is 135 Å². The lowest BCUT2D eigenvalue weighted by molar-refractivity contribution is 0.101. The number of H-pyrrole nitrogens is 1. The van der Waals surface area contributed by atoms with Crippen LogP contribution in [0.15, 0.2) is 48.5 Å². The van der Waals surface area contributed by atoms with E-state index in [2.05, 4.69) is 4.98 Å². The van der Waals surface area contributed by atoms with Crippen LogP contribution < -0.4 is 0 Å². The van der Waals surface area contributed by atoms with Crippen molar-refractivity contribution in [1.82, 2.24) is 4.98 Å². The van der Waals surface area contributed by atoms with Gasteiger partial charge in [-0.15, -0.1) is 0 Å². The molecule has 1 N–H and O–H groups in total. The summed E-state index contributed by atoms with van der Waals surface area (Å²) < 4.78 is 11.4. The summed E-state index contributed by atoms with van der Waals surface area (Å²) in [5, 5.41) is 1.53. The summed E-state index contributed by atoms with van der Waals surface area (Å²) in [5.74, 6) is -0.160. The second-order valence-corrected chi connectivity index (χ2v) is 6.94. The third kappa shape index (κ3) is 2.85. The van der Waals surface area contributed by atoms with Crippen molar-refractivity contribution in [2.75, 3.05) is 12.0 Å². The highest BCUT2D eigenvalue weighted by Gasteiger charge is 2.19. The number of fused-ring (bicyclic) bond motifs is 1. The number of carbonyl (C=O) groups is 1. The number of rotatable bonds is 4. The number of aromatic nitrogens is 1. The zero-order valence-corrected chi connectivity index (χ0v) is 13.5. The highest BCUT2D eigenvalue weighted by molar-refractivity contribution is 7.85. The summed E-state index contributed by atoms with van der Waals surface area (Å²) in [5.41, 5.74) is 3.07. The fraction of sp³-hybridized carbons (Fsp3) is 0.118. The Bertz CT molecular complexity index is 871. The topological polar surface area (TPSA) is 49.9 Å². The molecule has 5 heteroatoms. The predicted molar refractivity (Wildman–Crippen MR) is 92.0 cm³/mol. The normalized spacial score (nSPS) is 12.5. The van der Waals surface area contributed by atoms with E-state index in [1.807, 2.05) is 36.4 Å². The molecule has 3 rings (SSSR count). The minimum absolute atomic E-state index is 0.000385. The highest BCUT2D eigenvalue weighted by atomic mass is 35.5. The molecule has 1 heterocycles. The Kier molecular flexibility index (Phi) is 4.14. The van der Waals surface area contributed by atoms with Crippen molar-refractivity contribution >= 4 is 39.1 Å². The van der Waals surface area contributed by atoms with E-state index < -0.39 is 10.8 Å². The maximum atomic E-state index is 12.4. The van der Waals surface area contributed by atoms with E-state index in [-0.39, 0.29) is 11.5 Å². The molecule has 1 atom stereocenters. The number of aromatic amines is 1. The summed E-state index contributed by atoms with van der Waals surface area (Å²) in [7, 11) is -1.18. The maximum absolute atomic E-state index is 12.4. The Morgan fingerprint density at radius 3 is 2.59 bits per heavy atom. The number of nitrogens with one attached hydrogen (secondary N) is 1. The molecule has 0 aliphatic rings. The third-order valence-electron chi connectivity index (χ3n) is 3.44. The van der Waals surface area contributed by atoms with Crippen LogP contribution in [0, 0.1) is 0 Å². The van der Waals surface area contributed by atoms with Crippen LogP contribution in [-0.4, -0.2) is 27.0 Å². The first-order valence-electron chi connectivity index (χ1n) is 6.76. The minimum atomic E-state index is -1.18. The number of Topliss-reactive ketones (excluding diaryl/α,β-unsaturated/α-hetero) is 1. The lowest BCUT2D eigenvalue weighted by Crippen LogP contribution is -2.11. The summed E-state index contributed by atoms with van der Waals surface area (Å²) >= 11 is 6.04. The highest BCUT2D eigenvalue weighted by Crippen LogP contribution is 2.34. The number of halogens is 1. The van der Waals surface area contributed by atoms with E-state index in [4.69, 9.17) is 11.6 Å². The molecule has 0 fully saturated rings. The smallest absolute Gasteiger partial charge is 0.192 e. The Morgan fingerprint density at radius 2 is 1.91 bits per heavy atom. The van der Waals surface area contributed by atoms with Gasteiger partial charge in [-0.25, -0.2) is 0 Å². The van der Waals surface area contributed by atoms with E-state index in [1.165, 1.54) is 6.26 Å². The van der Waals surface area contributed by atoms with Crippen LogP contribution in [0.3, 0.4) is 0 Å². The van der Waals surface area contributed by atoms with E-state index in [1.54, 1.807) is 12.1 Å². The van der Waals surface area contributed by atoms with Gasteiger partial charge >= 0.3 is 0 Å². The van der Waals surface area contributed by atoms with Crippen LogP contribution >= 0.6 is 11.6 Å². The Morgan fingerprint density at radius 1 is 1.18 bits per heavy atom. The second kappa shape index (κ2) is 6.07. The molecule has 3 nitrogen and oxygen atoms in total. The van der Waals surface area contributed by atoms with Gasteiger partial charge in [-0.1, -0.05) is 48.0 Å². The first kappa shape index (κ1) is 15.0. The number of hydrogen-bond donors (Lipinski definition) is 1. The van der Waals surface area contributed by atoms with Gasteiger partial charge in [0.2, 0.25) is 0 Å². The molecule has 1 unspecified atom stereocenters. The van der Waals surface area contributed by atoms with Crippen molar-refractivity contribution in [3.05, 3.63) is 59.2 Å². The van der Waals surface area contributed by atoms with Crippen LogP contribution in [0.5, 0.6) is 0 Å². The number of ketones is 1. The Hall–Kier alpha value is -1.91. The van der Waals surface area contributed by atoms with Crippen molar-refractivity contribution in [2.45, 2.75) is 0 Å². The van der Waals surface area contributed by atoms with Gasteiger partial charge in [-0.05, 0) is 17.7 Å². The molecule has 0 bridgehead atoms. The molecule has 3 aromatic rings. The molecule has 112 valence electrons. The third-order valence-corrected chi connectivity index (χ3v) is 4.34. The van der Waals surface area contributed by atoms with Gasteiger partial charge in [-0.3, -0.25) is 9.00 Å². The fourth-order valence-corrected chi connectivity index (χ4v) is 3.23. The SMILES string of the molecule is CS(=O)CC(=O)c1[nH]c2cc(Cl)ccc2c1-c1ccccc1. The molecule has 22 heavy (non-hydrogen) atoms. The van der Waals surface area contributed by atoms with Gasteiger partial charge in [-0.2, -0.15) is 0 Å². The van der Waals surface area contributed by atoms with Gasteiger partial charge in [0.1, 0.15) is 0 Å². The lowest BCUT2D eigenvalue weighted by Gasteiger charge is -2.04. The van der Waals surface area contributed by atoms with Crippen LogP contribution in [0.2, 0.25) is 5.02 Å². The summed E-state index contributed by atoms with van der Waals surface area (Å²) in [6.45, 7) is 0. The molecule has 0 radical (unpaired) electrons. The van der Waals surface area contributed by atoms with Crippen LogP contribution in [0.25, 0.3) is 22.0 Å². The molecule has 0 saturated heterocycles. The van der Waals surface area contributed by atoms with E-state index in [0.717, 1.165) is 22.0 Å². The molecule has 0 aliphatic carbocycles. The van der Waals surface area contributed by atoms with Crippen molar-refractivity contribution < 1.29 is 9.00 Å². The lowest BCUT2D eigenvalue weighted by atomic mass is 10.0. The summed E-state index contributed by atoms with van der Waals surface area (Å²) in [6, 6.07) is 15.2. The molecule has 0 amide bonds. The molecule has 0 spiro atoms. The molecule has 0 aliphatic heterocycles. The van der Waals surface area contributed by atoms with Gasteiger partial charge in [0.25, 0.3) is 0 Å². The number of hydrogen-bond acceptors (Lipinski definition) is 2. The summed E-state index contributed by atoms with van der Waals surface area (Å²) in [6.07, 6.45) is 1.53. The van der Waals surface area contributed by atoms with Crippen LogP contribution in [0.1, 0.15) is 10.5 Å². The fourth-order valence-electron chi connectivity index (χ4n) is 2.54. The molecule has 2 aromatic carbocycles. The van der Waals surface area contributed by atoms with E-state index in [0.29, 0.717) is 10.7 Å². The molecule has 1 aromatic heterocycles. The second-order valence-electron chi connectivity index (χ2n) is 5.07. The quantitative estimate of drug-likeness (QED) is 0.733. The monoisotopic (exact) mass is 331 g/mol. The van der Waals surface area contributed by atoms with E-state index >= 15 is 0 Å². The number of benzene rings is 2. The Balaban J connectivity index is 2.26. The minimum Gasteiger partial charge on any atom is -0.352 e. The van der Waals surface area contributed by atoms with E-state index in [9.17, 15) is 9.00 Å². The van der Waals surface area contributed by atoms with Gasteiger partial charge in [0.15, 0.2) is 5.78 Å². The largest absolute Gasteiger partial charge is 0.352 e. The zero-order valence-electron chi connectivity index (χ0n) is 11.9. The maximum Gasteiger partial charge on any atom is 0.192 e. The first-order chi connectivity index (χ1) is 10.6. The molecular formula is C17H14ClNO2S. The predicted octanol–water partition coefficient (Wildman–Crippen LogP) is 4.05. The van der Waals surface area contributed by atoms with Gasteiger partial charge in [0, 0.05) is 38.5 Å². The van der Waals surface area contributed by atoms with Crippen molar-refractivity contribution in [2.24, 2.45) is 0 Å². The average Bonchev–Trinajstić information content (AvgIpc) is 2.86. The molecular weight excluding hydrogens is 318 g/mol. The van der Waals surface area contributed by atoms with Gasteiger partial charge in [0.05, 0.1) is 11.4 Å². The van der Waals surface area contributed by atoms with Crippen molar-refractivity contribution in [1.29, 1.82) is 0 Å². The first-order valence-corrected chi connectivity index (χ1v) is 8.86. The standard InChI is InChI=1S/C17H14ClNO2S/c1-22(21)10-15(20)17-16(11-5-3-2-4-6-11)13-8-7-12(18)9-14(13)19-17/h2-9,19H,10H2,1H3. The average molecular weight is 332 g/mol. The van der Waals surface area contributed by atoms with Gasteiger partial charge < -0.3 is 4.98 Å².